The minimum atomic E-state index is -2.54. The topological polar surface area (TPSA) is 102 Å². The van der Waals surface area contributed by atoms with Gasteiger partial charge in [0, 0.05) is 19.2 Å². The summed E-state index contributed by atoms with van der Waals surface area (Å²) in [6.07, 6.45) is -2.54. The van der Waals surface area contributed by atoms with E-state index in [4.69, 9.17) is 5.11 Å². The summed E-state index contributed by atoms with van der Waals surface area (Å²) < 4.78 is 28.2. The number of nitrogens with one attached hydrogen (secondary N) is 1. The molecule has 116 valence electrons. The number of carbonyl (C=O) groups is 1. The fourth-order valence-corrected chi connectivity index (χ4v) is 1.67. The number of alkyl halides is 2. The molecule has 2 N–H and O–H groups in total. The summed E-state index contributed by atoms with van der Waals surface area (Å²) in [5.74, 6) is -1.40. The normalized spacial score (nSPS) is 10.8. The highest BCUT2D eigenvalue weighted by atomic mass is 19.3. The second-order valence-electron chi connectivity index (χ2n) is 4.02. The van der Waals surface area contributed by atoms with Crippen LogP contribution in [0.3, 0.4) is 0 Å². The van der Waals surface area contributed by atoms with Gasteiger partial charge in [0.15, 0.2) is 0 Å². The zero-order valence-electron chi connectivity index (χ0n) is 10.9. The van der Waals surface area contributed by atoms with Crippen molar-refractivity contribution < 1.29 is 28.3 Å². The van der Waals surface area contributed by atoms with Crippen LogP contribution in [0.2, 0.25) is 0 Å². The molecular formula is C12H14F2N2O5. The number of hydrogen-bond donors (Lipinski definition) is 2. The number of nitrogens with zero attached hydrogens (tertiary/aromatic N) is 1. The molecule has 7 nitrogen and oxygen atoms in total. The number of carboxylic acid groups (broad SMARTS) is 1. The highest BCUT2D eigenvalue weighted by Gasteiger charge is 2.22. The number of ether oxygens (including phenoxy) is 1. The lowest BCUT2D eigenvalue weighted by atomic mass is 10.1. The minimum absolute atomic E-state index is 0.0294. The van der Waals surface area contributed by atoms with E-state index in [0.717, 1.165) is 6.07 Å². The number of hydrogen-bond acceptors (Lipinski definition) is 5. The number of benzene rings is 1. The molecule has 0 aromatic heterocycles. The van der Waals surface area contributed by atoms with Crippen molar-refractivity contribution in [2.75, 3.05) is 19.8 Å². The van der Waals surface area contributed by atoms with Crippen molar-refractivity contribution in [3.8, 4) is 0 Å². The van der Waals surface area contributed by atoms with Crippen LogP contribution in [0.15, 0.2) is 18.2 Å². The summed E-state index contributed by atoms with van der Waals surface area (Å²) in [6, 6.07) is 3.94. The Balaban J connectivity index is 2.61. The van der Waals surface area contributed by atoms with Gasteiger partial charge in [0.25, 0.3) is 12.1 Å². The van der Waals surface area contributed by atoms with Crippen molar-refractivity contribution in [2.24, 2.45) is 0 Å². The van der Waals surface area contributed by atoms with Gasteiger partial charge in [-0.05, 0) is 5.56 Å². The Bertz CT molecular complexity index is 510. The number of nitro benzene ring substituents is 1. The summed E-state index contributed by atoms with van der Waals surface area (Å²) in [5, 5.41) is 22.6. The van der Waals surface area contributed by atoms with Gasteiger partial charge in [-0.1, -0.05) is 12.1 Å². The molecule has 0 aliphatic carbocycles. The maximum Gasteiger partial charge on any atom is 0.343 e. The molecule has 0 unspecified atom stereocenters. The van der Waals surface area contributed by atoms with Crippen molar-refractivity contribution in [1.82, 2.24) is 5.32 Å². The molecule has 1 aromatic rings. The van der Waals surface area contributed by atoms with Crippen molar-refractivity contribution in [2.45, 2.75) is 13.0 Å². The second kappa shape index (κ2) is 8.22. The predicted octanol–water partition coefficient (Wildman–Crippen LogP) is 1.66. The van der Waals surface area contributed by atoms with E-state index in [0.29, 0.717) is 0 Å². The van der Waals surface area contributed by atoms with Crippen LogP contribution in [0.4, 0.5) is 14.5 Å². The first-order valence-electron chi connectivity index (χ1n) is 5.99. The molecule has 0 spiro atoms. The van der Waals surface area contributed by atoms with Crippen LogP contribution in [0, 0.1) is 10.1 Å². The highest BCUT2D eigenvalue weighted by Crippen LogP contribution is 2.22. The lowest BCUT2D eigenvalue weighted by Gasteiger charge is -2.08. The first kappa shape index (κ1) is 16.9. The monoisotopic (exact) mass is 304 g/mol. The maximum atomic E-state index is 11.8. The lowest BCUT2D eigenvalue weighted by Crippen LogP contribution is -2.22. The van der Waals surface area contributed by atoms with Gasteiger partial charge in [0.1, 0.15) is 12.2 Å². The molecule has 1 aromatic carbocycles. The standard InChI is InChI=1S/C12H14F2N2O5/c13-10(14)7-21-5-4-15-6-8-2-1-3-9(16(19)20)11(8)12(17)18/h1-3,10,15H,4-7H2,(H,17,18). The lowest BCUT2D eigenvalue weighted by molar-refractivity contribution is -0.385. The molecule has 0 aliphatic heterocycles. The average molecular weight is 304 g/mol. The van der Waals surface area contributed by atoms with Crippen LogP contribution in [-0.4, -0.2) is 42.2 Å². The van der Waals surface area contributed by atoms with Gasteiger partial charge in [0.2, 0.25) is 0 Å². The third-order valence-electron chi connectivity index (χ3n) is 2.52. The number of carboxylic acids is 1. The van der Waals surface area contributed by atoms with Crippen molar-refractivity contribution >= 4 is 11.7 Å². The van der Waals surface area contributed by atoms with Crippen LogP contribution in [0.25, 0.3) is 0 Å². The number of rotatable bonds is 9. The van der Waals surface area contributed by atoms with E-state index in [-0.39, 0.29) is 30.8 Å². The number of nitro groups is 1. The van der Waals surface area contributed by atoms with Gasteiger partial charge >= 0.3 is 5.97 Å². The van der Waals surface area contributed by atoms with Gasteiger partial charge in [-0.15, -0.1) is 0 Å². The van der Waals surface area contributed by atoms with E-state index in [1.54, 1.807) is 0 Å². The third-order valence-corrected chi connectivity index (χ3v) is 2.52. The Morgan fingerprint density at radius 2 is 2.19 bits per heavy atom. The molecule has 0 amide bonds. The number of halogens is 2. The van der Waals surface area contributed by atoms with Crippen LogP contribution in [-0.2, 0) is 11.3 Å². The average Bonchev–Trinajstić information content (AvgIpc) is 2.41. The van der Waals surface area contributed by atoms with Gasteiger partial charge in [-0.25, -0.2) is 13.6 Å². The van der Waals surface area contributed by atoms with Crippen molar-refractivity contribution in [1.29, 1.82) is 0 Å². The SMILES string of the molecule is O=C(O)c1c(CNCCOCC(F)F)cccc1[N+](=O)[O-]. The zero-order valence-corrected chi connectivity index (χ0v) is 10.9. The summed E-state index contributed by atoms with van der Waals surface area (Å²) in [7, 11) is 0. The molecule has 0 fully saturated rings. The quantitative estimate of drug-likeness (QED) is 0.409. The zero-order chi connectivity index (χ0) is 15.8. The van der Waals surface area contributed by atoms with Gasteiger partial charge in [0.05, 0.1) is 11.5 Å². The van der Waals surface area contributed by atoms with Gasteiger partial charge in [-0.2, -0.15) is 0 Å². The van der Waals surface area contributed by atoms with E-state index < -0.39 is 29.6 Å². The first-order valence-corrected chi connectivity index (χ1v) is 5.99. The maximum absolute atomic E-state index is 11.8. The molecular weight excluding hydrogens is 290 g/mol. The Labute approximate surface area is 118 Å². The molecule has 0 saturated carbocycles. The largest absolute Gasteiger partial charge is 0.477 e. The van der Waals surface area contributed by atoms with E-state index in [1.807, 2.05) is 0 Å². The van der Waals surface area contributed by atoms with Crippen LogP contribution < -0.4 is 5.32 Å². The van der Waals surface area contributed by atoms with E-state index in [2.05, 4.69) is 10.1 Å². The van der Waals surface area contributed by atoms with Gasteiger partial charge in [-0.3, -0.25) is 10.1 Å². The fourth-order valence-electron chi connectivity index (χ4n) is 1.67. The molecule has 0 heterocycles. The summed E-state index contributed by atoms with van der Waals surface area (Å²) in [4.78, 5) is 21.1. The summed E-state index contributed by atoms with van der Waals surface area (Å²) in [5.41, 5.74) is -0.634. The predicted molar refractivity (Wildman–Crippen MR) is 68.6 cm³/mol. The molecule has 0 atom stereocenters. The Morgan fingerprint density at radius 3 is 2.76 bits per heavy atom. The van der Waals surface area contributed by atoms with Crippen LogP contribution in [0.1, 0.15) is 15.9 Å². The molecule has 0 saturated heterocycles. The fraction of sp³-hybridized carbons (Fsp3) is 0.417. The van der Waals surface area contributed by atoms with E-state index in [9.17, 15) is 23.7 Å². The Kier molecular flexibility index (Phi) is 6.63. The third kappa shape index (κ3) is 5.40. The number of aromatic carboxylic acids is 1. The Hall–Kier alpha value is -2.13. The van der Waals surface area contributed by atoms with Crippen molar-refractivity contribution in [3.05, 3.63) is 39.4 Å². The molecule has 9 heteroatoms. The second-order valence-corrected chi connectivity index (χ2v) is 4.02. The van der Waals surface area contributed by atoms with Crippen LogP contribution >= 0.6 is 0 Å². The minimum Gasteiger partial charge on any atom is -0.477 e. The summed E-state index contributed by atoms with van der Waals surface area (Å²) in [6.45, 7) is -0.365. The smallest absolute Gasteiger partial charge is 0.343 e. The highest BCUT2D eigenvalue weighted by molar-refractivity contribution is 5.94. The molecule has 0 aliphatic rings. The summed E-state index contributed by atoms with van der Waals surface area (Å²) >= 11 is 0. The molecule has 21 heavy (non-hydrogen) atoms. The first-order chi connectivity index (χ1) is 9.93. The van der Waals surface area contributed by atoms with E-state index >= 15 is 0 Å². The van der Waals surface area contributed by atoms with Crippen molar-refractivity contribution in [3.63, 3.8) is 0 Å². The van der Waals surface area contributed by atoms with E-state index in [1.165, 1.54) is 12.1 Å². The Morgan fingerprint density at radius 1 is 1.48 bits per heavy atom. The molecule has 1 rings (SSSR count). The molecule has 0 bridgehead atoms. The van der Waals surface area contributed by atoms with Crippen LogP contribution in [0.5, 0.6) is 0 Å². The molecule has 0 radical (unpaired) electrons. The van der Waals surface area contributed by atoms with Gasteiger partial charge < -0.3 is 15.2 Å².